The van der Waals surface area contributed by atoms with Crippen molar-refractivity contribution in [3.05, 3.63) is 186 Å². The van der Waals surface area contributed by atoms with Crippen molar-refractivity contribution in [1.29, 1.82) is 0 Å². The molecule has 0 bridgehead atoms. The van der Waals surface area contributed by atoms with Crippen LogP contribution in [0.2, 0.25) is 0 Å². The second-order valence-electron chi connectivity index (χ2n) is 26.3. The normalized spacial score (nSPS) is 18.4. The average molecular weight is 1020 g/mol. The fourth-order valence-corrected chi connectivity index (χ4v) is 15.7. The molecular formula is C70H59B3N2O4. The van der Waals surface area contributed by atoms with Crippen LogP contribution in [0.15, 0.2) is 164 Å². The number of anilines is 6. The van der Waals surface area contributed by atoms with Gasteiger partial charge >= 0.3 is 0 Å². The number of hydrogen-bond donors (Lipinski definition) is 0. The highest BCUT2D eigenvalue weighted by atomic mass is 16.5. The molecule has 9 aromatic rings. The van der Waals surface area contributed by atoms with Crippen molar-refractivity contribution in [3.63, 3.8) is 0 Å². The van der Waals surface area contributed by atoms with Gasteiger partial charge in [-0.05, 0) is 169 Å². The highest BCUT2D eigenvalue weighted by Gasteiger charge is 2.54. The molecule has 9 aromatic carbocycles. The van der Waals surface area contributed by atoms with Crippen LogP contribution in [0.25, 0.3) is 0 Å². The van der Waals surface area contributed by atoms with Crippen LogP contribution < -0.4 is 77.9 Å². The fraction of sp³-hybridized carbons (Fsp3) is 0.229. The molecule has 79 heavy (non-hydrogen) atoms. The van der Waals surface area contributed by atoms with E-state index in [1.165, 1.54) is 27.7 Å². The van der Waals surface area contributed by atoms with Gasteiger partial charge in [-0.2, -0.15) is 0 Å². The van der Waals surface area contributed by atoms with Crippen LogP contribution in [0.1, 0.15) is 103 Å². The average Bonchev–Trinajstić information content (AvgIpc) is 3.01. The van der Waals surface area contributed by atoms with E-state index in [-0.39, 0.29) is 41.8 Å². The molecule has 0 N–H and O–H groups in total. The summed E-state index contributed by atoms with van der Waals surface area (Å²) < 4.78 is 29.7. The highest BCUT2D eigenvalue weighted by Crippen LogP contribution is 2.54. The van der Waals surface area contributed by atoms with Gasteiger partial charge in [-0.1, -0.05) is 146 Å². The van der Waals surface area contributed by atoms with E-state index in [0.29, 0.717) is 0 Å². The van der Waals surface area contributed by atoms with E-state index in [0.717, 1.165) is 150 Å². The molecule has 0 amide bonds. The summed E-state index contributed by atoms with van der Waals surface area (Å²) in [4.78, 5) is 5.10. The van der Waals surface area contributed by atoms with Gasteiger partial charge in [0.15, 0.2) is 0 Å². The zero-order valence-corrected chi connectivity index (χ0v) is 46.2. The largest absolute Gasteiger partial charge is 0.459 e. The van der Waals surface area contributed by atoms with Crippen molar-refractivity contribution in [2.75, 3.05) is 9.80 Å². The summed E-state index contributed by atoms with van der Waals surface area (Å²) >= 11 is 0. The van der Waals surface area contributed by atoms with E-state index in [1.54, 1.807) is 0 Å². The number of fused-ring (bicyclic) bond motifs is 16. The Kier molecular flexibility index (Phi) is 8.96. The number of para-hydroxylation sites is 4. The van der Waals surface area contributed by atoms with Gasteiger partial charge in [-0.3, -0.25) is 0 Å². The van der Waals surface area contributed by atoms with Gasteiger partial charge in [-0.15, -0.1) is 0 Å². The Bertz CT molecular complexity index is 3950. The van der Waals surface area contributed by atoms with Crippen LogP contribution in [0.4, 0.5) is 34.1 Å². The van der Waals surface area contributed by atoms with Gasteiger partial charge < -0.3 is 28.7 Å². The van der Waals surface area contributed by atoms with Crippen LogP contribution >= 0.6 is 0 Å². The van der Waals surface area contributed by atoms with Gasteiger partial charge in [0.2, 0.25) is 0 Å². The number of ether oxygens (including phenoxy) is 4. The third-order valence-corrected chi connectivity index (χ3v) is 20.0. The van der Waals surface area contributed by atoms with Crippen molar-refractivity contribution < 1.29 is 18.9 Å². The molecule has 0 unspecified atom stereocenters. The van der Waals surface area contributed by atoms with Crippen molar-refractivity contribution in [1.82, 2.24) is 0 Å². The fourth-order valence-electron chi connectivity index (χ4n) is 15.7. The van der Waals surface area contributed by atoms with E-state index in [2.05, 4.69) is 229 Å². The highest BCUT2D eigenvalue weighted by molar-refractivity contribution is 7.05. The van der Waals surface area contributed by atoms with E-state index < -0.39 is 0 Å². The van der Waals surface area contributed by atoms with Crippen LogP contribution in [-0.2, 0) is 21.7 Å². The number of hydrogen-bond acceptors (Lipinski definition) is 6. The third kappa shape index (κ3) is 6.11. The van der Waals surface area contributed by atoms with Gasteiger partial charge in [0, 0.05) is 57.2 Å². The van der Waals surface area contributed by atoms with Gasteiger partial charge in [0.05, 0.1) is 0 Å². The Morgan fingerprint density at radius 2 is 0.658 bits per heavy atom. The first-order chi connectivity index (χ1) is 38.1. The third-order valence-electron chi connectivity index (χ3n) is 20.0. The first kappa shape index (κ1) is 45.9. The van der Waals surface area contributed by atoms with Crippen molar-refractivity contribution in [2.24, 2.45) is 0 Å². The molecule has 17 rings (SSSR count). The molecule has 0 atom stereocenters. The minimum Gasteiger partial charge on any atom is -0.459 e. The Morgan fingerprint density at radius 3 is 1.05 bits per heavy atom. The molecule has 0 radical (unpaired) electrons. The Hall–Kier alpha value is -8.03. The second kappa shape index (κ2) is 15.4. The quantitative estimate of drug-likeness (QED) is 0.161. The molecule has 8 aliphatic rings. The summed E-state index contributed by atoms with van der Waals surface area (Å²) in [5, 5.41) is 0. The number of benzene rings is 9. The summed E-state index contributed by atoms with van der Waals surface area (Å²) in [7, 11) is 0. The minimum absolute atomic E-state index is 0.0238. The van der Waals surface area contributed by atoms with Crippen LogP contribution in [0.5, 0.6) is 46.0 Å². The summed E-state index contributed by atoms with van der Waals surface area (Å²) in [5.41, 5.74) is 22.3. The molecule has 0 spiro atoms. The first-order valence-electron chi connectivity index (χ1n) is 28.7. The zero-order valence-electron chi connectivity index (χ0n) is 46.2. The minimum atomic E-state index is -0.364. The SMILES string of the molecule is CC1(C)CCC(C)(C)c2cc(N3c4cccc5c4B(c4c3cc3c6c4Oc4ccccc4B6c4ccccc4O3)c3c(cc4c6c3Oc3ccccc3B6c3ccccc3O4)N5c3ccc4c(c3)C(C)(C)CCC4(C)C)ccc21. The molecule has 6 aliphatic heterocycles. The van der Waals surface area contributed by atoms with E-state index in [1.807, 2.05) is 0 Å². The van der Waals surface area contributed by atoms with E-state index >= 15 is 0 Å². The maximum Gasteiger partial charge on any atom is 0.261 e. The lowest BCUT2D eigenvalue weighted by atomic mass is 9.29. The summed E-state index contributed by atoms with van der Waals surface area (Å²) in [5.74, 6) is 6.78. The van der Waals surface area contributed by atoms with E-state index in [9.17, 15) is 0 Å². The number of rotatable bonds is 2. The molecule has 2 aliphatic carbocycles. The molecule has 0 saturated carbocycles. The Morgan fingerprint density at radius 1 is 0.304 bits per heavy atom. The van der Waals surface area contributed by atoms with Gasteiger partial charge in [-0.25, -0.2) is 0 Å². The first-order valence-corrected chi connectivity index (χ1v) is 28.7. The van der Waals surface area contributed by atoms with Crippen LogP contribution in [0, 0.1) is 0 Å². The molecular weight excluding hydrogens is 965 g/mol. The standard InChI is InChI=1S/C70H59B3N2O4/c1-67(2)32-34-69(5,6)44-36-40(28-30-42(44)67)74-50-22-17-23-51-60(50)73(61-52(74)38-58-63-65(61)78-56-26-15-11-20-48(56)71(63)46-18-9-13-24-54(46)76-58)62-53(75(51)41-29-31-43-45(37-41)70(7,8)35-33-68(43,3)4)39-59-64-66(62)79-57-27-16-12-21-49(57)72(64)47-19-10-14-25-55(47)77-59/h9-31,36-39H,32-35H2,1-8H3. The Balaban J connectivity index is 1.02. The van der Waals surface area contributed by atoms with Gasteiger partial charge in [0.25, 0.3) is 20.1 Å². The van der Waals surface area contributed by atoms with Crippen LogP contribution in [0.3, 0.4) is 0 Å². The molecule has 0 aromatic heterocycles. The molecule has 6 nitrogen and oxygen atoms in total. The zero-order chi connectivity index (χ0) is 53.2. The van der Waals surface area contributed by atoms with Crippen molar-refractivity contribution >= 4 is 103 Å². The summed E-state index contributed by atoms with van der Waals surface area (Å²) in [6.45, 7) is 18.8. The molecule has 6 heterocycles. The summed E-state index contributed by atoms with van der Waals surface area (Å²) in [6.07, 6.45) is 4.51. The smallest absolute Gasteiger partial charge is 0.261 e. The number of nitrogens with zero attached hydrogens (tertiary/aromatic N) is 2. The van der Waals surface area contributed by atoms with Crippen molar-refractivity contribution in [2.45, 2.75) is 103 Å². The van der Waals surface area contributed by atoms with Crippen molar-refractivity contribution in [3.8, 4) is 46.0 Å². The lowest BCUT2D eigenvalue weighted by molar-refractivity contribution is 0.332. The summed E-state index contributed by atoms with van der Waals surface area (Å²) in [6, 6.07) is 60.8. The topological polar surface area (TPSA) is 43.4 Å². The molecule has 382 valence electrons. The molecule has 0 fully saturated rings. The van der Waals surface area contributed by atoms with Crippen LogP contribution in [-0.4, -0.2) is 20.1 Å². The monoisotopic (exact) mass is 1020 g/mol. The molecule has 0 saturated heterocycles. The van der Waals surface area contributed by atoms with Gasteiger partial charge in [0.1, 0.15) is 46.0 Å². The predicted molar refractivity (Wildman–Crippen MR) is 326 cm³/mol. The molecule has 9 heteroatoms. The second-order valence-corrected chi connectivity index (χ2v) is 26.3. The maximum atomic E-state index is 7.65. The maximum absolute atomic E-state index is 7.65. The van der Waals surface area contributed by atoms with E-state index in [4.69, 9.17) is 18.9 Å². The predicted octanol–water partition coefficient (Wildman–Crippen LogP) is 11.9. The Labute approximate surface area is 464 Å². The lowest BCUT2D eigenvalue weighted by Crippen LogP contribution is -2.66. The lowest BCUT2D eigenvalue weighted by Gasteiger charge is -2.48.